The fourth-order valence-electron chi connectivity index (χ4n) is 2.17. The van der Waals surface area contributed by atoms with Crippen molar-refractivity contribution in [2.45, 2.75) is 38.7 Å². The first-order valence-corrected chi connectivity index (χ1v) is 6.68. The molecule has 0 saturated heterocycles. The SMILES string of the molecule is O=C1C=C(CCCCOCc2ccccc2)CC1. The molecule has 0 aliphatic heterocycles. The van der Waals surface area contributed by atoms with Crippen molar-refractivity contribution in [3.05, 3.63) is 47.5 Å². The lowest BCUT2D eigenvalue weighted by Gasteiger charge is -2.04. The van der Waals surface area contributed by atoms with Crippen molar-refractivity contribution in [1.82, 2.24) is 0 Å². The van der Waals surface area contributed by atoms with Crippen LogP contribution < -0.4 is 0 Å². The number of ketones is 1. The Balaban J connectivity index is 1.52. The second-order valence-electron chi connectivity index (χ2n) is 4.76. The van der Waals surface area contributed by atoms with Gasteiger partial charge in [-0.2, -0.15) is 0 Å². The number of allylic oxidation sites excluding steroid dienone is 2. The van der Waals surface area contributed by atoms with E-state index in [0.29, 0.717) is 12.4 Å². The summed E-state index contributed by atoms with van der Waals surface area (Å²) >= 11 is 0. The van der Waals surface area contributed by atoms with Crippen LogP contribution in [-0.2, 0) is 16.1 Å². The van der Waals surface area contributed by atoms with E-state index in [1.807, 2.05) is 24.3 Å². The number of rotatable bonds is 7. The van der Waals surface area contributed by atoms with Crippen molar-refractivity contribution in [1.29, 1.82) is 0 Å². The molecule has 0 heterocycles. The molecule has 0 fully saturated rings. The summed E-state index contributed by atoms with van der Waals surface area (Å²) in [5.74, 6) is 0.297. The van der Waals surface area contributed by atoms with E-state index in [0.717, 1.165) is 38.7 Å². The molecule has 0 bridgehead atoms. The number of unbranched alkanes of at least 4 members (excludes halogenated alkanes) is 1. The van der Waals surface area contributed by atoms with Gasteiger partial charge in [0.25, 0.3) is 0 Å². The molecule has 0 atom stereocenters. The molecular formula is C16H20O2. The minimum Gasteiger partial charge on any atom is -0.377 e. The normalized spacial score (nSPS) is 14.9. The maximum absolute atomic E-state index is 11.0. The van der Waals surface area contributed by atoms with Crippen LogP contribution in [0.3, 0.4) is 0 Å². The minimum absolute atomic E-state index is 0.297. The lowest BCUT2D eigenvalue weighted by Crippen LogP contribution is -1.95. The largest absolute Gasteiger partial charge is 0.377 e. The van der Waals surface area contributed by atoms with Crippen LogP contribution in [0.5, 0.6) is 0 Å². The number of carbonyl (C=O) groups excluding carboxylic acids is 1. The van der Waals surface area contributed by atoms with Gasteiger partial charge < -0.3 is 4.74 Å². The molecule has 1 aromatic carbocycles. The van der Waals surface area contributed by atoms with Crippen molar-refractivity contribution in [3.63, 3.8) is 0 Å². The quantitative estimate of drug-likeness (QED) is 0.684. The van der Waals surface area contributed by atoms with Crippen LogP contribution in [0.25, 0.3) is 0 Å². The summed E-state index contributed by atoms with van der Waals surface area (Å²) in [6.07, 6.45) is 6.76. The molecule has 0 saturated carbocycles. The van der Waals surface area contributed by atoms with E-state index in [4.69, 9.17) is 4.74 Å². The second-order valence-corrected chi connectivity index (χ2v) is 4.76. The van der Waals surface area contributed by atoms with Gasteiger partial charge in [0.2, 0.25) is 0 Å². The second kappa shape index (κ2) is 7.12. The fraction of sp³-hybridized carbons (Fsp3) is 0.438. The summed E-state index contributed by atoms with van der Waals surface area (Å²) in [6.45, 7) is 1.50. The standard InChI is InChI=1S/C16H20O2/c17-16-10-9-14(12-16)6-4-5-11-18-13-15-7-2-1-3-8-15/h1-3,7-8,12H,4-6,9-11,13H2. The van der Waals surface area contributed by atoms with E-state index >= 15 is 0 Å². The summed E-state index contributed by atoms with van der Waals surface area (Å²) < 4.78 is 5.62. The zero-order valence-electron chi connectivity index (χ0n) is 10.7. The van der Waals surface area contributed by atoms with Gasteiger partial charge in [-0.25, -0.2) is 0 Å². The molecular weight excluding hydrogens is 224 g/mol. The summed E-state index contributed by atoms with van der Waals surface area (Å²) in [5, 5.41) is 0. The zero-order valence-corrected chi connectivity index (χ0v) is 10.7. The van der Waals surface area contributed by atoms with Gasteiger partial charge in [-0.05, 0) is 37.3 Å². The van der Waals surface area contributed by atoms with Gasteiger partial charge in [0.1, 0.15) is 0 Å². The van der Waals surface area contributed by atoms with Crippen LogP contribution in [0.1, 0.15) is 37.7 Å². The molecule has 1 aliphatic rings. The topological polar surface area (TPSA) is 26.3 Å². The average molecular weight is 244 g/mol. The van der Waals surface area contributed by atoms with Crippen LogP contribution in [0, 0.1) is 0 Å². The summed E-state index contributed by atoms with van der Waals surface area (Å²) in [5.41, 5.74) is 2.55. The highest BCUT2D eigenvalue weighted by molar-refractivity contribution is 5.92. The minimum atomic E-state index is 0.297. The highest BCUT2D eigenvalue weighted by Crippen LogP contribution is 2.20. The highest BCUT2D eigenvalue weighted by Gasteiger charge is 2.10. The predicted octanol–water partition coefficient (Wildman–Crippen LogP) is 3.66. The Kier molecular flexibility index (Phi) is 5.15. The zero-order chi connectivity index (χ0) is 12.6. The van der Waals surface area contributed by atoms with Gasteiger partial charge in [0.05, 0.1) is 6.61 Å². The van der Waals surface area contributed by atoms with E-state index in [1.54, 1.807) is 0 Å². The molecule has 0 N–H and O–H groups in total. The van der Waals surface area contributed by atoms with E-state index in [2.05, 4.69) is 12.1 Å². The summed E-state index contributed by atoms with van der Waals surface area (Å²) in [6, 6.07) is 10.2. The average Bonchev–Trinajstić information content (AvgIpc) is 2.81. The maximum atomic E-state index is 11.0. The van der Waals surface area contributed by atoms with Crippen molar-refractivity contribution < 1.29 is 9.53 Å². The van der Waals surface area contributed by atoms with Crippen molar-refractivity contribution in [2.75, 3.05) is 6.61 Å². The van der Waals surface area contributed by atoms with Crippen molar-refractivity contribution in [2.24, 2.45) is 0 Å². The van der Waals surface area contributed by atoms with Crippen LogP contribution in [0.4, 0.5) is 0 Å². The molecule has 0 aromatic heterocycles. The first-order valence-electron chi connectivity index (χ1n) is 6.68. The monoisotopic (exact) mass is 244 g/mol. The van der Waals surface area contributed by atoms with Crippen LogP contribution in [0.2, 0.25) is 0 Å². The molecule has 0 amide bonds. The van der Waals surface area contributed by atoms with E-state index < -0.39 is 0 Å². The summed E-state index contributed by atoms with van der Waals surface area (Å²) in [4.78, 5) is 11.0. The van der Waals surface area contributed by atoms with Crippen LogP contribution >= 0.6 is 0 Å². The molecule has 0 unspecified atom stereocenters. The van der Waals surface area contributed by atoms with Gasteiger partial charge in [-0.15, -0.1) is 0 Å². The summed E-state index contributed by atoms with van der Waals surface area (Å²) in [7, 11) is 0. The third-order valence-electron chi connectivity index (χ3n) is 3.21. The lowest BCUT2D eigenvalue weighted by atomic mass is 10.1. The van der Waals surface area contributed by atoms with Gasteiger partial charge in [0, 0.05) is 13.0 Å². The lowest BCUT2D eigenvalue weighted by molar-refractivity contribution is -0.114. The van der Waals surface area contributed by atoms with Gasteiger partial charge in [-0.3, -0.25) is 4.79 Å². The highest BCUT2D eigenvalue weighted by atomic mass is 16.5. The smallest absolute Gasteiger partial charge is 0.155 e. The molecule has 18 heavy (non-hydrogen) atoms. The Morgan fingerprint density at radius 1 is 1.06 bits per heavy atom. The van der Waals surface area contributed by atoms with Gasteiger partial charge in [0.15, 0.2) is 5.78 Å². The third kappa shape index (κ3) is 4.46. The first-order chi connectivity index (χ1) is 8.84. The van der Waals surface area contributed by atoms with Gasteiger partial charge in [-0.1, -0.05) is 35.9 Å². The Bertz CT molecular complexity index is 406. The van der Waals surface area contributed by atoms with Gasteiger partial charge >= 0.3 is 0 Å². The molecule has 0 radical (unpaired) electrons. The molecule has 0 spiro atoms. The number of benzene rings is 1. The molecule has 2 nitrogen and oxygen atoms in total. The Morgan fingerprint density at radius 3 is 2.61 bits per heavy atom. The van der Waals surface area contributed by atoms with Crippen molar-refractivity contribution in [3.8, 4) is 0 Å². The molecule has 2 rings (SSSR count). The van der Waals surface area contributed by atoms with E-state index in [9.17, 15) is 4.79 Å². The Morgan fingerprint density at radius 2 is 1.89 bits per heavy atom. The molecule has 1 aromatic rings. The fourth-order valence-corrected chi connectivity index (χ4v) is 2.17. The van der Waals surface area contributed by atoms with E-state index in [1.165, 1.54) is 11.1 Å². The first kappa shape index (κ1) is 13.0. The van der Waals surface area contributed by atoms with Crippen LogP contribution in [-0.4, -0.2) is 12.4 Å². The third-order valence-corrected chi connectivity index (χ3v) is 3.21. The number of ether oxygens (including phenoxy) is 1. The predicted molar refractivity (Wildman–Crippen MR) is 72.3 cm³/mol. The molecule has 96 valence electrons. The van der Waals surface area contributed by atoms with Crippen molar-refractivity contribution >= 4 is 5.78 Å². The number of hydrogen-bond acceptors (Lipinski definition) is 2. The van der Waals surface area contributed by atoms with Crippen LogP contribution in [0.15, 0.2) is 42.0 Å². The molecule has 1 aliphatic carbocycles. The maximum Gasteiger partial charge on any atom is 0.155 e. The molecule has 2 heteroatoms. The Labute approximate surface area is 109 Å². The number of carbonyl (C=O) groups is 1. The van der Waals surface area contributed by atoms with E-state index in [-0.39, 0.29) is 0 Å². The number of hydrogen-bond donors (Lipinski definition) is 0. The Hall–Kier alpha value is -1.41.